The fourth-order valence-corrected chi connectivity index (χ4v) is 1.65. The van der Waals surface area contributed by atoms with E-state index in [0.29, 0.717) is 0 Å². The predicted octanol–water partition coefficient (Wildman–Crippen LogP) is 4.38. The molecule has 0 saturated heterocycles. The van der Waals surface area contributed by atoms with Gasteiger partial charge in [-0.05, 0) is 43.2 Å². The van der Waals surface area contributed by atoms with Gasteiger partial charge < -0.3 is 0 Å². The van der Waals surface area contributed by atoms with Gasteiger partial charge in [0, 0.05) is 17.5 Å². The number of hydrogen-bond donors (Lipinski definition) is 0. The highest BCUT2D eigenvalue weighted by molar-refractivity contribution is 5.63. The summed E-state index contributed by atoms with van der Waals surface area (Å²) in [6.45, 7) is 3.82. The molecular weight excluding hydrogens is 239 g/mol. The van der Waals surface area contributed by atoms with Crippen LogP contribution in [0, 0.1) is 13.8 Å². The first-order valence-corrected chi connectivity index (χ1v) is 5.49. The molecule has 0 amide bonds. The van der Waals surface area contributed by atoms with E-state index < -0.39 is 11.7 Å². The van der Waals surface area contributed by atoms with Crippen LogP contribution in [0.4, 0.5) is 13.2 Å². The summed E-state index contributed by atoms with van der Waals surface area (Å²) in [4.78, 5) is 4.20. The van der Waals surface area contributed by atoms with E-state index in [0.717, 1.165) is 34.5 Å². The van der Waals surface area contributed by atoms with Crippen molar-refractivity contribution in [2.75, 3.05) is 0 Å². The zero-order chi connectivity index (χ0) is 13.3. The Morgan fingerprint density at radius 2 is 1.56 bits per heavy atom. The molecule has 0 aliphatic heterocycles. The normalized spacial score (nSPS) is 11.6. The van der Waals surface area contributed by atoms with Crippen LogP contribution in [-0.2, 0) is 6.18 Å². The second kappa shape index (κ2) is 4.44. The lowest BCUT2D eigenvalue weighted by atomic mass is 10.0. The van der Waals surface area contributed by atoms with Gasteiger partial charge >= 0.3 is 6.18 Å². The van der Waals surface area contributed by atoms with Crippen molar-refractivity contribution in [1.29, 1.82) is 0 Å². The molecule has 0 bridgehead atoms. The predicted molar refractivity (Wildman–Crippen MR) is 64.1 cm³/mol. The van der Waals surface area contributed by atoms with Crippen molar-refractivity contribution < 1.29 is 13.2 Å². The molecule has 1 heterocycles. The maximum absolute atomic E-state index is 12.4. The van der Waals surface area contributed by atoms with E-state index in [1.807, 2.05) is 19.9 Å². The van der Waals surface area contributed by atoms with Crippen molar-refractivity contribution in [3.05, 3.63) is 53.3 Å². The third-order valence-electron chi connectivity index (χ3n) is 2.89. The zero-order valence-electron chi connectivity index (χ0n) is 10.0. The van der Waals surface area contributed by atoms with E-state index in [1.54, 1.807) is 6.20 Å². The van der Waals surface area contributed by atoms with Gasteiger partial charge in [0.05, 0.1) is 5.56 Å². The Morgan fingerprint density at radius 3 is 2.06 bits per heavy atom. The van der Waals surface area contributed by atoms with Crippen molar-refractivity contribution in [1.82, 2.24) is 4.98 Å². The monoisotopic (exact) mass is 251 g/mol. The minimum atomic E-state index is -4.29. The molecule has 1 aromatic heterocycles. The van der Waals surface area contributed by atoms with Crippen LogP contribution in [0.2, 0.25) is 0 Å². The van der Waals surface area contributed by atoms with Gasteiger partial charge in [-0.1, -0.05) is 12.1 Å². The molecule has 0 spiro atoms. The molecule has 0 saturated carbocycles. The number of halogens is 3. The van der Waals surface area contributed by atoms with Gasteiger partial charge in [0.2, 0.25) is 0 Å². The maximum atomic E-state index is 12.4. The summed E-state index contributed by atoms with van der Waals surface area (Å²) in [5.74, 6) is 0. The van der Waals surface area contributed by atoms with E-state index >= 15 is 0 Å². The molecule has 0 aliphatic rings. The van der Waals surface area contributed by atoms with Crippen molar-refractivity contribution in [2.45, 2.75) is 20.0 Å². The first-order chi connectivity index (χ1) is 8.38. The lowest BCUT2D eigenvalue weighted by molar-refractivity contribution is -0.137. The zero-order valence-corrected chi connectivity index (χ0v) is 10.0. The van der Waals surface area contributed by atoms with Crippen LogP contribution in [-0.4, -0.2) is 4.98 Å². The molecular formula is C14H12F3N. The summed E-state index contributed by atoms with van der Waals surface area (Å²) in [7, 11) is 0. The van der Waals surface area contributed by atoms with Crippen molar-refractivity contribution in [3.63, 3.8) is 0 Å². The average Bonchev–Trinajstić information content (AvgIpc) is 2.32. The Kier molecular flexibility index (Phi) is 3.11. The topological polar surface area (TPSA) is 12.9 Å². The number of pyridine rings is 1. The molecule has 0 atom stereocenters. The Bertz CT molecular complexity index is 556. The molecule has 0 N–H and O–H groups in total. The summed E-state index contributed by atoms with van der Waals surface area (Å²) in [6.07, 6.45) is -2.62. The van der Waals surface area contributed by atoms with E-state index in [9.17, 15) is 13.2 Å². The van der Waals surface area contributed by atoms with Crippen molar-refractivity contribution in [2.24, 2.45) is 0 Å². The Labute approximate surface area is 103 Å². The number of benzene rings is 1. The van der Waals surface area contributed by atoms with Crippen LogP contribution in [0.25, 0.3) is 11.1 Å². The fraction of sp³-hybridized carbons (Fsp3) is 0.214. The molecule has 0 aliphatic carbocycles. The van der Waals surface area contributed by atoms with Gasteiger partial charge in [0.1, 0.15) is 0 Å². The van der Waals surface area contributed by atoms with Gasteiger partial charge in [-0.25, -0.2) is 0 Å². The minimum absolute atomic E-state index is 0.636. The fourth-order valence-electron chi connectivity index (χ4n) is 1.65. The molecule has 2 aromatic rings. The Hall–Kier alpha value is -1.84. The number of aromatic nitrogens is 1. The van der Waals surface area contributed by atoms with Crippen LogP contribution in [0.1, 0.15) is 16.8 Å². The van der Waals surface area contributed by atoms with E-state index in [1.165, 1.54) is 12.1 Å². The molecule has 4 heteroatoms. The third-order valence-corrected chi connectivity index (χ3v) is 2.89. The second-order valence-electron chi connectivity index (χ2n) is 4.20. The first-order valence-electron chi connectivity index (χ1n) is 5.49. The highest BCUT2D eigenvalue weighted by atomic mass is 19.4. The summed E-state index contributed by atoms with van der Waals surface area (Å²) in [6, 6.07) is 7.03. The maximum Gasteiger partial charge on any atom is 0.416 e. The molecule has 0 radical (unpaired) electrons. The van der Waals surface area contributed by atoms with Crippen LogP contribution >= 0.6 is 0 Å². The largest absolute Gasteiger partial charge is 0.416 e. The smallest absolute Gasteiger partial charge is 0.261 e. The highest BCUT2D eigenvalue weighted by Crippen LogP contribution is 2.31. The molecule has 0 fully saturated rings. The highest BCUT2D eigenvalue weighted by Gasteiger charge is 2.29. The van der Waals surface area contributed by atoms with E-state index in [4.69, 9.17) is 0 Å². The molecule has 94 valence electrons. The average molecular weight is 251 g/mol. The van der Waals surface area contributed by atoms with Crippen LogP contribution in [0.15, 0.2) is 36.5 Å². The Balaban J connectivity index is 2.37. The molecule has 0 unspecified atom stereocenters. The molecule has 18 heavy (non-hydrogen) atoms. The lowest BCUT2D eigenvalue weighted by Crippen LogP contribution is -2.04. The van der Waals surface area contributed by atoms with Crippen molar-refractivity contribution in [3.8, 4) is 11.1 Å². The first kappa shape index (κ1) is 12.6. The van der Waals surface area contributed by atoms with Gasteiger partial charge in [-0.3, -0.25) is 4.98 Å². The summed E-state index contributed by atoms with van der Waals surface area (Å²) in [5.41, 5.74) is 2.87. The second-order valence-corrected chi connectivity index (χ2v) is 4.20. The lowest BCUT2D eigenvalue weighted by Gasteiger charge is -2.08. The van der Waals surface area contributed by atoms with Crippen LogP contribution < -0.4 is 0 Å². The minimum Gasteiger partial charge on any atom is -0.261 e. The number of alkyl halides is 3. The van der Waals surface area contributed by atoms with E-state index in [-0.39, 0.29) is 0 Å². The van der Waals surface area contributed by atoms with Crippen LogP contribution in [0.3, 0.4) is 0 Å². The third kappa shape index (κ3) is 2.53. The number of hydrogen-bond acceptors (Lipinski definition) is 1. The molecule has 1 aromatic carbocycles. The van der Waals surface area contributed by atoms with Gasteiger partial charge in [-0.15, -0.1) is 0 Å². The van der Waals surface area contributed by atoms with Crippen molar-refractivity contribution >= 4 is 0 Å². The summed E-state index contributed by atoms with van der Waals surface area (Å²) < 4.78 is 37.3. The standard InChI is InChI=1S/C14H12F3N/c1-9-7-12(8-18-10(9)2)11-3-5-13(6-4-11)14(15,16)17/h3-8H,1-2H3. The summed E-state index contributed by atoms with van der Waals surface area (Å²) in [5, 5.41) is 0. The van der Waals surface area contributed by atoms with Gasteiger partial charge in [0.25, 0.3) is 0 Å². The quantitative estimate of drug-likeness (QED) is 0.732. The number of nitrogens with zero attached hydrogens (tertiary/aromatic N) is 1. The SMILES string of the molecule is Cc1cc(-c2ccc(C(F)(F)F)cc2)cnc1C. The number of aryl methyl sites for hydroxylation is 2. The molecule has 2 rings (SSSR count). The number of rotatable bonds is 1. The summed E-state index contributed by atoms with van der Waals surface area (Å²) >= 11 is 0. The van der Waals surface area contributed by atoms with Crippen LogP contribution in [0.5, 0.6) is 0 Å². The van der Waals surface area contributed by atoms with Gasteiger partial charge in [0.15, 0.2) is 0 Å². The van der Waals surface area contributed by atoms with E-state index in [2.05, 4.69) is 4.98 Å². The Morgan fingerprint density at radius 1 is 0.944 bits per heavy atom. The molecule has 1 nitrogen and oxygen atoms in total. The van der Waals surface area contributed by atoms with Gasteiger partial charge in [-0.2, -0.15) is 13.2 Å².